The highest BCUT2D eigenvalue weighted by atomic mass is 35.5. The van der Waals surface area contributed by atoms with E-state index < -0.39 is 0 Å². The van der Waals surface area contributed by atoms with Gasteiger partial charge >= 0.3 is 0 Å². The van der Waals surface area contributed by atoms with Crippen LogP contribution in [0.4, 0.5) is 11.5 Å². The van der Waals surface area contributed by atoms with Gasteiger partial charge in [0.15, 0.2) is 5.82 Å². The van der Waals surface area contributed by atoms with Crippen molar-refractivity contribution < 1.29 is 4.79 Å². The largest absolute Gasteiger partial charge is 0.375 e. The van der Waals surface area contributed by atoms with Crippen LogP contribution in [0.25, 0.3) is 0 Å². The Morgan fingerprint density at radius 1 is 1.44 bits per heavy atom. The van der Waals surface area contributed by atoms with Crippen molar-refractivity contribution in [3.63, 3.8) is 0 Å². The molecule has 0 saturated carbocycles. The lowest BCUT2D eigenvalue weighted by molar-refractivity contribution is -0.114. The normalized spacial score (nSPS) is 10.1. The zero-order valence-corrected chi connectivity index (χ0v) is 10.6. The number of aromatic nitrogens is 2. The van der Waals surface area contributed by atoms with Gasteiger partial charge in [0, 0.05) is 11.8 Å². The number of hydrogen-bond acceptors (Lipinski definition) is 3. The van der Waals surface area contributed by atoms with E-state index in [4.69, 9.17) is 11.6 Å². The van der Waals surface area contributed by atoms with E-state index in [9.17, 15) is 4.79 Å². The van der Waals surface area contributed by atoms with Gasteiger partial charge in [-0.3, -0.25) is 9.89 Å². The molecular weight excluding hydrogens is 252 g/mol. The van der Waals surface area contributed by atoms with E-state index in [1.54, 1.807) is 12.1 Å². The van der Waals surface area contributed by atoms with E-state index in [0.29, 0.717) is 10.8 Å². The van der Waals surface area contributed by atoms with E-state index in [2.05, 4.69) is 20.8 Å². The van der Waals surface area contributed by atoms with Gasteiger partial charge < -0.3 is 10.6 Å². The van der Waals surface area contributed by atoms with Crippen molar-refractivity contribution in [3.05, 3.63) is 41.0 Å². The molecule has 2 aromatic rings. The summed E-state index contributed by atoms with van der Waals surface area (Å²) in [6.45, 7) is 2.00. The number of para-hydroxylation sites is 1. The van der Waals surface area contributed by atoms with Crippen LogP contribution >= 0.6 is 11.6 Å². The lowest BCUT2D eigenvalue weighted by Gasteiger charge is -2.07. The summed E-state index contributed by atoms with van der Waals surface area (Å²) in [5, 5.41) is 12.9. The van der Waals surface area contributed by atoms with Crippen molar-refractivity contribution in [2.45, 2.75) is 6.92 Å². The van der Waals surface area contributed by atoms with Gasteiger partial charge in [0.2, 0.25) is 5.91 Å². The van der Waals surface area contributed by atoms with Gasteiger partial charge in [0.1, 0.15) is 0 Å². The van der Waals surface area contributed by atoms with Gasteiger partial charge in [-0.25, -0.2) is 0 Å². The van der Waals surface area contributed by atoms with Crippen LogP contribution in [0, 0.1) is 6.92 Å². The maximum absolute atomic E-state index is 11.6. The molecule has 3 N–H and O–H groups in total. The van der Waals surface area contributed by atoms with Crippen molar-refractivity contribution in [2.75, 3.05) is 17.2 Å². The summed E-state index contributed by atoms with van der Waals surface area (Å²) < 4.78 is 0. The minimum atomic E-state index is -0.179. The number of nitrogens with zero attached hydrogens (tertiary/aromatic N) is 1. The second kappa shape index (κ2) is 5.55. The minimum absolute atomic E-state index is 0.135. The first-order valence-corrected chi connectivity index (χ1v) is 5.83. The number of nitrogens with one attached hydrogen (secondary N) is 3. The van der Waals surface area contributed by atoms with Gasteiger partial charge in [0.05, 0.1) is 17.3 Å². The molecule has 0 spiro atoms. The summed E-state index contributed by atoms with van der Waals surface area (Å²) in [6, 6.07) is 9.02. The van der Waals surface area contributed by atoms with E-state index in [1.165, 1.54) is 0 Å². The molecule has 0 aliphatic heterocycles. The molecule has 18 heavy (non-hydrogen) atoms. The summed E-state index contributed by atoms with van der Waals surface area (Å²) >= 11 is 5.96. The van der Waals surface area contributed by atoms with Crippen LogP contribution in [0.2, 0.25) is 5.02 Å². The number of halogens is 1. The first-order chi connectivity index (χ1) is 8.65. The van der Waals surface area contributed by atoms with Crippen LogP contribution < -0.4 is 10.6 Å². The maximum Gasteiger partial charge on any atom is 0.244 e. The van der Waals surface area contributed by atoms with Gasteiger partial charge in [-0.15, -0.1) is 0 Å². The first kappa shape index (κ1) is 12.4. The number of aryl methyl sites for hydroxylation is 1. The van der Waals surface area contributed by atoms with Crippen LogP contribution in [-0.4, -0.2) is 22.6 Å². The molecule has 0 aliphatic carbocycles. The Labute approximate surface area is 110 Å². The molecular formula is C12H13ClN4O. The summed E-state index contributed by atoms with van der Waals surface area (Å²) in [5.74, 6) is 0.333. The quantitative estimate of drug-likeness (QED) is 0.794. The number of amides is 1. The Balaban J connectivity index is 1.87. The molecule has 2 rings (SSSR count). The average molecular weight is 265 g/mol. The molecule has 0 radical (unpaired) electrons. The molecule has 0 atom stereocenters. The molecule has 1 heterocycles. The molecule has 6 heteroatoms. The van der Waals surface area contributed by atoms with E-state index in [-0.39, 0.29) is 12.5 Å². The fourth-order valence-electron chi connectivity index (χ4n) is 1.45. The maximum atomic E-state index is 11.6. The summed E-state index contributed by atoms with van der Waals surface area (Å²) in [7, 11) is 0. The predicted octanol–water partition coefficient (Wildman–Crippen LogP) is 2.42. The molecule has 5 nitrogen and oxygen atoms in total. The second-order valence-corrected chi connectivity index (χ2v) is 4.22. The Hall–Kier alpha value is -2.01. The number of anilines is 2. The second-order valence-electron chi connectivity index (χ2n) is 3.82. The van der Waals surface area contributed by atoms with Crippen LogP contribution in [-0.2, 0) is 4.79 Å². The molecule has 0 unspecified atom stereocenters. The van der Waals surface area contributed by atoms with E-state index in [1.807, 2.05) is 25.1 Å². The number of benzene rings is 1. The fraction of sp³-hybridized carbons (Fsp3) is 0.167. The summed E-state index contributed by atoms with van der Waals surface area (Å²) in [4.78, 5) is 11.6. The third-order valence-corrected chi connectivity index (χ3v) is 2.62. The third-order valence-electron chi connectivity index (χ3n) is 2.29. The van der Waals surface area contributed by atoms with Crippen molar-refractivity contribution >= 4 is 29.0 Å². The molecule has 0 bridgehead atoms. The van der Waals surface area contributed by atoms with Crippen molar-refractivity contribution in [3.8, 4) is 0 Å². The number of aromatic amines is 1. The molecule has 0 aliphatic rings. The number of carbonyl (C=O) groups is 1. The van der Waals surface area contributed by atoms with Crippen LogP contribution in [0.1, 0.15) is 5.69 Å². The van der Waals surface area contributed by atoms with Crippen LogP contribution in [0.5, 0.6) is 0 Å². The van der Waals surface area contributed by atoms with Crippen molar-refractivity contribution in [1.29, 1.82) is 0 Å². The highest BCUT2D eigenvalue weighted by Gasteiger charge is 2.05. The van der Waals surface area contributed by atoms with Crippen molar-refractivity contribution in [1.82, 2.24) is 10.2 Å². The lowest BCUT2D eigenvalue weighted by atomic mass is 10.3. The molecule has 1 amide bonds. The number of H-pyrrole nitrogens is 1. The topological polar surface area (TPSA) is 69.8 Å². The Kier molecular flexibility index (Phi) is 3.84. The number of hydrogen-bond donors (Lipinski definition) is 3. The van der Waals surface area contributed by atoms with E-state index in [0.717, 1.165) is 11.4 Å². The molecule has 1 aromatic carbocycles. The van der Waals surface area contributed by atoms with Gasteiger partial charge in [0.25, 0.3) is 0 Å². The first-order valence-electron chi connectivity index (χ1n) is 5.45. The predicted molar refractivity (Wildman–Crippen MR) is 71.9 cm³/mol. The average Bonchev–Trinajstić information content (AvgIpc) is 2.74. The van der Waals surface area contributed by atoms with Gasteiger partial charge in [-0.2, -0.15) is 5.10 Å². The van der Waals surface area contributed by atoms with Gasteiger partial charge in [-0.1, -0.05) is 23.7 Å². The highest BCUT2D eigenvalue weighted by molar-refractivity contribution is 6.33. The zero-order chi connectivity index (χ0) is 13.0. The zero-order valence-electron chi connectivity index (χ0n) is 9.83. The highest BCUT2D eigenvalue weighted by Crippen LogP contribution is 2.19. The Morgan fingerprint density at radius 3 is 2.89 bits per heavy atom. The third kappa shape index (κ3) is 3.24. The SMILES string of the molecule is Cc1cc(NC(=O)CNc2ccccc2Cl)n[nH]1. The minimum Gasteiger partial charge on any atom is -0.375 e. The molecule has 0 saturated heterocycles. The fourth-order valence-corrected chi connectivity index (χ4v) is 1.65. The monoisotopic (exact) mass is 264 g/mol. The van der Waals surface area contributed by atoms with Crippen LogP contribution in [0.15, 0.2) is 30.3 Å². The standard InChI is InChI=1S/C12H13ClN4O/c1-8-6-11(17-16-8)15-12(18)7-14-10-5-3-2-4-9(10)13/h2-6,14H,7H2,1H3,(H2,15,16,17,18). The summed E-state index contributed by atoms with van der Waals surface area (Å²) in [6.07, 6.45) is 0. The lowest BCUT2D eigenvalue weighted by Crippen LogP contribution is -2.22. The number of carbonyl (C=O) groups excluding carboxylic acids is 1. The molecule has 0 fully saturated rings. The van der Waals surface area contributed by atoms with Gasteiger partial charge in [-0.05, 0) is 19.1 Å². The van der Waals surface area contributed by atoms with E-state index >= 15 is 0 Å². The Bertz CT molecular complexity index is 553. The molecule has 1 aromatic heterocycles. The molecule has 94 valence electrons. The number of rotatable bonds is 4. The Morgan fingerprint density at radius 2 is 2.22 bits per heavy atom. The van der Waals surface area contributed by atoms with Crippen LogP contribution in [0.3, 0.4) is 0 Å². The summed E-state index contributed by atoms with van der Waals surface area (Å²) in [5.41, 5.74) is 1.62. The van der Waals surface area contributed by atoms with Crippen molar-refractivity contribution in [2.24, 2.45) is 0 Å². The smallest absolute Gasteiger partial charge is 0.244 e.